The standard InChI is InChI=1S/C6H12N2O/c1-6(2)3-4(6)5(7)8-9/h4,9H,3H2,1-2H3,(H2,7,8)/t4-/m0/s1. The number of oxime groups is 1. The molecule has 0 amide bonds. The number of nitrogens with zero attached hydrogens (tertiary/aromatic N) is 1. The molecule has 3 N–H and O–H groups in total. The smallest absolute Gasteiger partial charge is 0.142 e. The van der Waals surface area contributed by atoms with Crippen molar-refractivity contribution >= 4 is 5.84 Å². The SMILES string of the molecule is CC1(C)C[C@H]1/C(N)=N\O. The molecule has 52 valence electrons. The van der Waals surface area contributed by atoms with Crippen LogP contribution in [0.2, 0.25) is 0 Å². The minimum absolute atomic E-state index is 0.274. The lowest BCUT2D eigenvalue weighted by molar-refractivity contribution is 0.315. The first-order valence-corrected chi connectivity index (χ1v) is 3.05. The highest BCUT2D eigenvalue weighted by atomic mass is 16.4. The van der Waals surface area contributed by atoms with Crippen LogP contribution < -0.4 is 5.73 Å². The highest BCUT2D eigenvalue weighted by Crippen LogP contribution is 2.51. The van der Waals surface area contributed by atoms with E-state index in [9.17, 15) is 0 Å². The van der Waals surface area contributed by atoms with Crippen LogP contribution in [-0.2, 0) is 0 Å². The van der Waals surface area contributed by atoms with Crippen LogP contribution in [0.1, 0.15) is 20.3 Å². The van der Waals surface area contributed by atoms with Crippen molar-refractivity contribution in [2.24, 2.45) is 22.2 Å². The molecule has 0 saturated heterocycles. The van der Waals surface area contributed by atoms with Gasteiger partial charge in [0.25, 0.3) is 0 Å². The normalized spacial score (nSPS) is 32.2. The van der Waals surface area contributed by atoms with E-state index in [0.717, 1.165) is 6.42 Å². The third kappa shape index (κ3) is 0.992. The van der Waals surface area contributed by atoms with Crippen molar-refractivity contribution in [2.45, 2.75) is 20.3 Å². The molecule has 1 saturated carbocycles. The number of hydrogen-bond acceptors (Lipinski definition) is 2. The number of rotatable bonds is 1. The van der Waals surface area contributed by atoms with Gasteiger partial charge < -0.3 is 10.9 Å². The van der Waals surface area contributed by atoms with Gasteiger partial charge in [-0.05, 0) is 11.8 Å². The number of hydrogen-bond donors (Lipinski definition) is 2. The van der Waals surface area contributed by atoms with E-state index in [-0.39, 0.29) is 5.41 Å². The van der Waals surface area contributed by atoms with Crippen LogP contribution >= 0.6 is 0 Å². The summed E-state index contributed by atoms with van der Waals surface area (Å²) in [6.07, 6.45) is 1.04. The second kappa shape index (κ2) is 1.62. The van der Waals surface area contributed by atoms with E-state index in [0.29, 0.717) is 11.8 Å². The minimum atomic E-state index is 0.274. The Labute approximate surface area is 54.5 Å². The monoisotopic (exact) mass is 128 g/mol. The van der Waals surface area contributed by atoms with Gasteiger partial charge in [0, 0.05) is 5.92 Å². The van der Waals surface area contributed by atoms with Gasteiger partial charge in [-0.3, -0.25) is 0 Å². The first-order valence-electron chi connectivity index (χ1n) is 3.05. The fourth-order valence-corrected chi connectivity index (χ4v) is 1.04. The van der Waals surface area contributed by atoms with Gasteiger partial charge in [-0.25, -0.2) is 0 Å². The van der Waals surface area contributed by atoms with Gasteiger partial charge in [-0.15, -0.1) is 0 Å². The Morgan fingerprint density at radius 3 is 2.33 bits per heavy atom. The summed E-state index contributed by atoms with van der Waals surface area (Å²) in [6.45, 7) is 4.21. The average Bonchev–Trinajstić information content (AvgIpc) is 2.38. The van der Waals surface area contributed by atoms with Crippen LogP contribution in [0.15, 0.2) is 5.16 Å². The lowest BCUT2D eigenvalue weighted by Crippen LogP contribution is -2.16. The highest BCUT2D eigenvalue weighted by molar-refractivity contribution is 5.85. The maximum atomic E-state index is 8.24. The van der Waals surface area contributed by atoms with Gasteiger partial charge in [-0.2, -0.15) is 0 Å². The molecule has 0 aromatic carbocycles. The van der Waals surface area contributed by atoms with Gasteiger partial charge in [0.15, 0.2) is 0 Å². The van der Waals surface area contributed by atoms with E-state index in [1.165, 1.54) is 0 Å². The summed E-state index contributed by atoms with van der Waals surface area (Å²) < 4.78 is 0. The molecule has 0 spiro atoms. The largest absolute Gasteiger partial charge is 0.409 e. The average molecular weight is 128 g/mol. The maximum absolute atomic E-state index is 8.24. The van der Waals surface area contributed by atoms with Crippen LogP contribution in [0.5, 0.6) is 0 Å². The Kier molecular flexibility index (Phi) is 1.15. The molecule has 0 aliphatic heterocycles. The molecule has 1 atom stereocenters. The summed E-state index contributed by atoms with van der Waals surface area (Å²) in [5.74, 6) is 0.683. The molecule has 3 nitrogen and oxygen atoms in total. The maximum Gasteiger partial charge on any atom is 0.142 e. The minimum Gasteiger partial charge on any atom is -0.409 e. The molecule has 9 heavy (non-hydrogen) atoms. The van der Waals surface area contributed by atoms with Crippen molar-refractivity contribution in [3.63, 3.8) is 0 Å². The van der Waals surface area contributed by atoms with E-state index >= 15 is 0 Å². The van der Waals surface area contributed by atoms with E-state index in [4.69, 9.17) is 10.9 Å². The van der Waals surface area contributed by atoms with E-state index < -0.39 is 0 Å². The summed E-state index contributed by atoms with van der Waals surface area (Å²) in [4.78, 5) is 0. The van der Waals surface area contributed by atoms with Crippen LogP contribution in [0, 0.1) is 11.3 Å². The van der Waals surface area contributed by atoms with Crippen molar-refractivity contribution in [3.8, 4) is 0 Å². The molecule has 1 aliphatic carbocycles. The third-order valence-electron chi connectivity index (χ3n) is 1.99. The van der Waals surface area contributed by atoms with Crippen molar-refractivity contribution in [2.75, 3.05) is 0 Å². The van der Waals surface area contributed by atoms with Gasteiger partial charge in [0.1, 0.15) is 5.84 Å². The summed E-state index contributed by atoms with van der Waals surface area (Å²) in [5, 5.41) is 11.2. The molecule has 0 aromatic heterocycles. The number of amidine groups is 1. The van der Waals surface area contributed by atoms with Crippen LogP contribution in [-0.4, -0.2) is 11.0 Å². The second-order valence-electron chi connectivity index (χ2n) is 3.27. The Hall–Kier alpha value is -0.730. The fraction of sp³-hybridized carbons (Fsp3) is 0.833. The molecule has 1 fully saturated rings. The molecule has 0 aromatic rings. The van der Waals surface area contributed by atoms with Gasteiger partial charge in [0.2, 0.25) is 0 Å². The molecular formula is C6H12N2O. The summed E-state index contributed by atoms with van der Waals surface area (Å²) >= 11 is 0. The predicted octanol–water partition coefficient (Wildman–Crippen LogP) is 0.779. The first-order chi connectivity index (χ1) is 4.08. The Morgan fingerprint density at radius 1 is 1.78 bits per heavy atom. The molecule has 1 rings (SSSR count). The van der Waals surface area contributed by atoms with Crippen LogP contribution in [0.4, 0.5) is 0 Å². The molecule has 0 bridgehead atoms. The van der Waals surface area contributed by atoms with Crippen molar-refractivity contribution in [1.82, 2.24) is 0 Å². The molecular weight excluding hydrogens is 116 g/mol. The summed E-state index contributed by atoms with van der Waals surface area (Å²) in [5.41, 5.74) is 5.63. The first kappa shape index (κ1) is 6.39. The topological polar surface area (TPSA) is 58.6 Å². The van der Waals surface area contributed by atoms with Gasteiger partial charge in [0.05, 0.1) is 0 Å². The zero-order valence-electron chi connectivity index (χ0n) is 5.76. The van der Waals surface area contributed by atoms with Gasteiger partial charge >= 0.3 is 0 Å². The summed E-state index contributed by atoms with van der Waals surface area (Å²) in [6, 6.07) is 0. The van der Waals surface area contributed by atoms with Crippen molar-refractivity contribution < 1.29 is 5.21 Å². The van der Waals surface area contributed by atoms with Crippen molar-refractivity contribution in [1.29, 1.82) is 0 Å². The van der Waals surface area contributed by atoms with E-state index in [2.05, 4.69) is 19.0 Å². The zero-order valence-corrected chi connectivity index (χ0v) is 5.76. The Morgan fingerprint density at radius 2 is 2.22 bits per heavy atom. The second-order valence-corrected chi connectivity index (χ2v) is 3.27. The zero-order chi connectivity index (χ0) is 7.07. The summed E-state index contributed by atoms with van der Waals surface area (Å²) in [7, 11) is 0. The quantitative estimate of drug-likeness (QED) is 0.237. The van der Waals surface area contributed by atoms with E-state index in [1.807, 2.05) is 0 Å². The number of nitrogens with two attached hydrogens (primary N) is 1. The lowest BCUT2D eigenvalue weighted by atomic mass is 10.1. The Bertz CT molecular complexity index is 151. The van der Waals surface area contributed by atoms with Gasteiger partial charge in [-0.1, -0.05) is 19.0 Å². The van der Waals surface area contributed by atoms with Crippen LogP contribution in [0.25, 0.3) is 0 Å². The molecule has 3 heteroatoms. The van der Waals surface area contributed by atoms with E-state index in [1.54, 1.807) is 0 Å². The molecule has 0 heterocycles. The van der Waals surface area contributed by atoms with Crippen LogP contribution in [0.3, 0.4) is 0 Å². The highest BCUT2D eigenvalue weighted by Gasteiger charge is 2.48. The molecule has 1 aliphatic rings. The third-order valence-corrected chi connectivity index (χ3v) is 1.99. The Balaban J connectivity index is 2.52. The predicted molar refractivity (Wildman–Crippen MR) is 35.3 cm³/mol. The lowest BCUT2D eigenvalue weighted by Gasteiger charge is -1.98. The molecule has 0 radical (unpaired) electrons. The fourth-order valence-electron chi connectivity index (χ4n) is 1.04. The molecule has 0 unspecified atom stereocenters. The van der Waals surface area contributed by atoms with Crippen molar-refractivity contribution in [3.05, 3.63) is 0 Å².